The number of hydroxylamine groups is 1. The highest BCUT2D eigenvalue weighted by Crippen LogP contribution is 2.70. The molecule has 5 nitrogen and oxygen atoms in total. The van der Waals surface area contributed by atoms with E-state index in [1.807, 2.05) is 60.7 Å². The zero-order valence-electron chi connectivity index (χ0n) is 17.8. The summed E-state index contributed by atoms with van der Waals surface area (Å²) in [7, 11) is 0. The van der Waals surface area contributed by atoms with Crippen LogP contribution in [0.4, 0.5) is 11.4 Å². The average Bonchev–Trinajstić information content (AvgIpc) is 3.12. The number of benzene rings is 3. The Morgan fingerprint density at radius 1 is 0.794 bits per heavy atom. The molecule has 172 valence electrons. The molecule has 6 rings (SSSR count). The van der Waals surface area contributed by atoms with Crippen LogP contribution in [0.1, 0.15) is 12.0 Å². The van der Waals surface area contributed by atoms with E-state index < -0.39 is 33.7 Å². The summed E-state index contributed by atoms with van der Waals surface area (Å²) in [5.41, 5.74) is 1.28. The minimum absolute atomic E-state index is 0.341. The lowest BCUT2D eigenvalue weighted by Crippen LogP contribution is -2.49. The van der Waals surface area contributed by atoms with Crippen molar-refractivity contribution in [3.05, 3.63) is 95.5 Å². The number of para-hydroxylation sites is 1. The van der Waals surface area contributed by atoms with Crippen LogP contribution < -0.4 is 9.96 Å². The zero-order chi connectivity index (χ0) is 23.7. The molecule has 8 heteroatoms. The van der Waals surface area contributed by atoms with Crippen LogP contribution in [0.15, 0.2) is 84.9 Å². The first kappa shape index (κ1) is 21.9. The summed E-state index contributed by atoms with van der Waals surface area (Å²) in [5.74, 6) is -1.55. The number of rotatable bonds is 4. The predicted molar refractivity (Wildman–Crippen MR) is 132 cm³/mol. The third-order valence-corrected chi connectivity index (χ3v) is 8.23. The van der Waals surface area contributed by atoms with E-state index in [9.17, 15) is 9.59 Å². The molecule has 0 N–H and O–H groups in total. The standard InChI is InChI=1S/C26H19Cl3N2O3/c27-17-11-13-18(14-12-17)30-23(32)20-21(24(30)33)34-31(19-9-5-2-6-10-19)22(20)25(15-26(25,28)29)16-7-3-1-4-8-16/h1-14,20-22H,15H2. The Morgan fingerprint density at radius 3 is 1.97 bits per heavy atom. The van der Waals surface area contributed by atoms with E-state index in [2.05, 4.69) is 0 Å². The lowest BCUT2D eigenvalue weighted by atomic mass is 9.79. The van der Waals surface area contributed by atoms with E-state index >= 15 is 0 Å². The lowest BCUT2D eigenvalue weighted by Gasteiger charge is -2.35. The van der Waals surface area contributed by atoms with Gasteiger partial charge in [-0.25, -0.2) is 9.96 Å². The van der Waals surface area contributed by atoms with Crippen LogP contribution in [0.5, 0.6) is 0 Å². The summed E-state index contributed by atoms with van der Waals surface area (Å²) < 4.78 is -1.12. The van der Waals surface area contributed by atoms with Gasteiger partial charge in [-0.15, -0.1) is 23.2 Å². The first-order chi connectivity index (χ1) is 16.3. The fourth-order valence-electron chi connectivity index (χ4n) is 5.41. The Morgan fingerprint density at radius 2 is 1.38 bits per heavy atom. The van der Waals surface area contributed by atoms with E-state index in [0.29, 0.717) is 17.1 Å². The zero-order valence-corrected chi connectivity index (χ0v) is 20.0. The molecule has 0 spiro atoms. The third-order valence-electron chi connectivity index (χ3n) is 7.03. The Balaban J connectivity index is 1.49. The molecule has 3 aromatic carbocycles. The summed E-state index contributed by atoms with van der Waals surface area (Å²) in [6, 6.07) is 25.1. The minimum atomic E-state index is -1.12. The van der Waals surface area contributed by atoms with Gasteiger partial charge in [-0.3, -0.25) is 14.4 Å². The molecule has 3 fully saturated rings. The summed E-state index contributed by atoms with van der Waals surface area (Å²) in [4.78, 5) is 34.8. The van der Waals surface area contributed by atoms with Gasteiger partial charge in [-0.1, -0.05) is 60.1 Å². The van der Waals surface area contributed by atoms with Crippen LogP contribution in [0, 0.1) is 5.92 Å². The number of fused-ring (bicyclic) bond motifs is 1. The van der Waals surface area contributed by atoms with Gasteiger partial charge >= 0.3 is 0 Å². The molecule has 2 amide bonds. The fourth-order valence-corrected chi connectivity index (χ4v) is 6.40. The number of imide groups is 1. The largest absolute Gasteiger partial charge is 0.273 e. The molecule has 0 aromatic heterocycles. The third kappa shape index (κ3) is 3.04. The van der Waals surface area contributed by atoms with Gasteiger partial charge in [0.2, 0.25) is 5.91 Å². The summed E-state index contributed by atoms with van der Waals surface area (Å²) in [5, 5.41) is 2.19. The Hall–Kier alpha value is -2.57. The molecule has 1 aliphatic carbocycles. The van der Waals surface area contributed by atoms with E-state index in [1.54, 1.807) is 29.3 Å². The molecule has 3 aliphatic rings. The second-order valence-corrected chi connectivity index (χ2v) is 10.8. The van der Waals surface area contributed by atoms with Crippen LogP contribution in [0.3, 0.4) is 0 Å². The van der Waals surface area contributed by atoms with Gasteiger partial charge in [-0.2, -0.15) is 0 Å². The van der Waals surface area contributed by atoms with Gasteiger partial charge in [0, 0.05) is 5.02 Å². The fraction of sp³-hybridized carbons (Fsp3) is 0.231. The van der Waals surface area contributed by atoms with E-state index in [1.165, 1.54) is 4.90 Å². The molecule has 2 saturated heterocycles. The van der Waals surface area contributed by atoms with E-state index in [0.717, 1.165) is 11.3 Å². The molecule has 2 aliphatic heterocycles. The van der Waals surface area contributed by atoms with Crippen molar-refractivity contribution < 1.29 is 14.4 Å². The van der Waals surface area contributed by atoms with Crippen molar-refractivity contribution in [2.75, 3.05) is 9.96 Å². The van der Waals surface area contributed by atoms with Gasteiger partial charge in [0.15, 0.2) is 6.10 Å². The average molecular weight is 514 g/mol. The van der Waals surface area contributed by atoms with Crippen LogP contribution in [0.25, 0.3) is 0 Å². The second-order valence-electron chi connectivity index (χ2n) is 8.86. The van der Waals surface area contributed by atoms with Crippen molar-refractivity contribution in [2.24, 2.45) is 5.92 Å². The first-order valence-corrected chi connectivity index (χ1v) is 12.1. The number of anilines is 2. The van der Waals surface area contributed by atoms with Gasteiger partial charge in [0.25, 0.3) is 5.91 Å². The van der Waals surface area contributed by atoms with Crippen molar-refractivity contribution in [1.29, 1.82) is 0 Å². The number of alkyl halides is 2. The monoisotopic (exact) mass is 512 g/mol. The maximum absolute atomic E-state index is 13.9. The normalized spacial score (nSPS) is 29.4. The molecule has 0 radical (unpaired) electrons. The topological polar surface area (TPSA) is 49.9 Å². The minimum Gasteiger partial charge on any atom is -0.273 e. The summed E-state index contributed by atoms with van der Waals surface area (Å²) in [6.45, 7) is 0. The number of nitrogens with zero attached hydrogens (tertiary/aromatic N) is 2. The Bertz CT molecular complexity index is 1270. The quantitative estimate of drug-likeness (QED) is 0.340. The van der Waals surface area contributed by atoms with Crippen molar-refractivity contribution in [3.8, 4) is 0 Å². The van der Waals surface area contributed by atoms with Crippen molar-refractivity contribution in [1.82, 2.24) is 0 Å². The number of carbonyl (C=O) groups is 2. The number of amides is 2. The lowest BCUT2D eigenvalue weighted by molar-refractivity contribution is -0.126. The van der Waals surface area contributed by atoms with Crippen molar-refractivity contribution in [3.63, 3.8) is 0 Å². The summed E-state index contributed by atoms with van der Waals surface area (Å²) in [6.07, 6.45) is -0.561. The molecule has 3 aromatic rings. The molecule has 1 saturated carbocycles. The van der Waals surface area contributed by atoms with Gasteiger partial charge in [0.1, 0.15) is 10.3 Å². The Labute approximate surface area is 211 Å². The SMILES string of the molecule is O=C1C2ON(c3ccccc3)C(C3(c4ccccc4)CC3(Cl)Cl)C2C(=O)N1c1ccc(Cl)cc1. The van der Waals surface area contributed by atoms with Gasteiger partial charge in [-0.05, 0) is 48.4 Å². The van der Waals surface area contributed by atoms with E-state index in [4.69, 9.17) is 39.6 Å². The van der Waals surface area contributed by atoms with Crippen LogP contribution in [-0.2, 0) is 19.8 Å². The molecule has 4 atom stereocenters. The summed E-state index contributed by atoms with van der Waals surface area (Å²) >= 11 is 19.7. The van der Waals surface area contributed by atoms with Crippen LogP contribution >= 0.6 is 34.8 Å². The molecular formula is C26H19Cl3N2O3. The highest BCUT2D eigenvalue weighted by molar-refractivity contribution is 6.52. The highest BCUT2D eigenvalue weighted by atomic mass is 35.5. The Kier molecular flexibility index (Phi) is 4.98. The number of hydrogen-bond donors (Lipinski definition) is 0. The number of halogens is 3. The number of carbonyl (C=O) groups excluding carboxylic acids is 2. The first-order valence-electron chi connectivity index (χ1n) is 10.9. The van der Waals surface area contributed by atoms with Gasteiger partial charge < -0.3 is 0 Å². The molecule has 0 bridgehead atoms. The van der Waals surface area contributed by atoms with Gasteiger partial charge in [0.05, 0.1) is 22.8 Å². The van der Waals surface area contributed by atoms with Crippen molar-refractivity contribution >= 4 is 58.0 Å². The molecule has 2 heterocycles. The van der Waals surface area contributed by atoms with Crippen LogP contribution in [0.2, 0.25) is 5.02 Å². The molecule has 34 heavy (non-hydrogen) atoms. The maximum Gasteiger partial charge on any atom is 0.266 e. The van der Waals surface area contributed by atoms with Crippen molar-refractivity contribution in [2.45, 2.75) is 28.3 Å². The molecular weight excluding hydrogens is 495 g/mol. The smallest absolute Gasteiger partial charge is 0.266 e. The highest BCUT2D eigenvalue weighted by Gasteiger charge is 2.78. The van der Waals surface area contributed by atoms with E-state index in [-0.39, 0.29) is 5.91 Å². The second kappa shape index (κ2) is 7.72. The predicted octanol–water partition coefficient (Wildman–Crippen LogP) is 5.53. The number of hydrogen-bond acceptors (Lipinski definition) is 4. The van der Waals surface area contributed by atoms with Crippen LogP contribution in [-0.4, -0.2) is 28.3 Å². The maximum atomic E-state index is 13.9. The molecule has 4 unspecified atom stereocenters.